The number of rotatable bonds is 7. The fourth-order valence-corrected chi connectivity index (χ4v) is 6.16. The van der Waals surface area contributed by atoms with Gasteiger partial charge in [-0.3, -0.25) is 9.78 Å². The number of ether oxygens (including phenoxy) is 1. The largest absolute Gasteiger partial charge is 0.494 e. The van der Waals surface area contributed by atoms with Crippen LogP contribution in [0.5, 0.6) is 5.75 Å². The van der Waals surface area contributed by atoms with Gasteiger partial charge in [0.15, 0.2) is 5.75 Å². The van der Waals surface area contributed by atoms with Crippen LogP contribution >= 0.6 is 11.3 Å². The topological polar surface area (TPSA) is 103 Å². The number of aryl methyl sites for hydroxylation is 1. The molecule has 0 bridgehead atoms. The monoisotopic (exact) mass is 515 g/mol. The van der Waals surface area contributed by atoms with E-state index in [-0.39, 0.29) is 11.6 Å². The second kappa shape index (κ2) is 9.48. The number of nitrogens with zero attached hydrogens (tertiary/aromatic N) is 3. The summed E-state index contributed by atoms with van der Waals surface area (Å²) < 4.78 is 7.81. The van der Waals surface area contributed by atoms with Crippen LogP contribution < -0.4 is 10.2 Å². The molecule has 188 valence electrons. The summed E-state index contributed by atoms with van der Waals surface area (Å²) in [6.07, 6.45) is 9.63. The number of oxime groups is 1. The Morgan fingerprint density at radius 2 is 2.00 bits per heavy atom. The normalized spacial score (nSPS) is 16.1. The zero-order valence-corrected chi connectivity index (χ0v) is 21.1. The molecule has 2 aliphatic rings. The second-order valence-corrected chi connectivity index (χ2v) is 10.5. The first-order valence-electron chi connectivity index (χ1n) is 12.3. The molecule has 1 N–H and O–H groups in total. The second-order valence-electron chi connectivity index (χ2n) is 9.33. The third-order valence-corrected chi connectivity index (χ3v) is 8.11. The maximum Gasteiger partial charge on any atom is 0.341 e. The lowest BCUT2D eigenvalue weighted by Crippen LogP contribution is -2.19. The van der Waals surface area contributed by atoms with E-state index >= 15 is 0 Å². The van der Waals surface area contributed by atoms with Gasteiger partial charge in [0.2, 0.25) is 5.43 Å². The average molecular weight is 516 g/mol. The van der Waals surface area contributed by atoms with Crippen LogP contribution in [0, 0.1) is 0 Å². The molecule has 4 aromatic rings. The molecule has 8 nitrogen and oxygen atoms in total. The zero-order valence-electron chi connectivity index (χ0n) is 20.3. The number of thiophene rings is 1. The fraction of sp³-hybridized carbons (Fsp3) is 0.286. The average Bonchev–Trinajstić information content (AvgIpc) is 3.66. The summed E-state index contributed by atoms with van der Waals surface area (Å²) in [5, 5.41) is 14.4. The summed E-state index contributed by atoms with van der Waals surface area (Å²) in [4.78, 5) is 36.7. The summed E-state index contributed by atoms with van der Waals surface area (Å²) in [5.41, 5.74) is 3.85. The van der Waals surface area contributed by atoms with Crippen LogP contribution in [-0.4, -0.2) is 33.4 Å². The highest BCUT2D eigenvalue weighted by Gasteiger charge is 2.30. The minimum absolute atomic E-state index is 0.165. The van der Waals surface area contributed by atoms with Gasteiger partial charge in [-0.1, -0.05) is 5.16 Å². The first-order valence-corrected chi connectivity index (χ1v) is 13.1. The molecule has 37 heavy (non-hydrogen) atoms. The summed E-state index contributed by atoms with van der Waals surface area (Å²) >= 11 is 1.70. The van der Waals surface area contributed by atoms with Gasteiger partial charge in [0.25, 0.3) is 0 Å². The molecule has 1 saturated carbocycles. The number of hydrogen-bond acceptors (Lipinski definition) is 7. The number of fused-ring (bicyclic) bond motifs is 2. The number of carboxylic acids is 1. The molecule has 0 saturated heterocycles. The lowest BCUT2D eigenvalue weighted by Gasteiger charge is -2.17. The van der Waals surface area contributed by atoms with Crippen molar-refractivity contribution in [3.8, 4) is 16.2 Å². The Kier molecular flexibility index (Phi) is 6.00. The van der Waals surface area contributed by atoms with Gasteiger partial charge in [0, 0.05) is 45.5 Å². The number of carboxylic acid groups (broad SMARTS) is 1. The Bertz CT molecular complexity index is 1600. The van der Waals surface area contributed by atoms with Crippen molar-refractivity contribution in [1.82, 2.24) is 9.55 Å². The minimum Gasteiger partial charge on any atom is -0.494 e. The van der Waals surface area contributed by atoms with E-state index in [0.717, 1.165) is 59.4 Å². The predicted molar refractivity (Wildman–Crippen MR) is 142 cm³/mol. The van der Waals surface area contributed by atoms with Crippen LogP contribution in [0.25, 0.3) is 21.3 Å². The first kappa shape index (κ1) is 23.4. The molecule has 0 spiro atoms. The minimum atomic E-state index is -1.21. The molecule has 2 aliphatic carbocycles. The Balaban J connectivity index is 1.42. The third-order valence-electron chi connectivity index (χ3n) is 6.88. The van der Waals surface area contributed by atoms with Crippen LogP contribution in [-0.2, 0) is 17.9 Å². The van der Waals surface area contributed by atoms with Gasteiger partial charge in [-0.15, -0.1) is 11.3 Å². The summed E-state index contributed by atoms with van der Waals surface area (Å²) in [7, 11) is 1.60. The Labute approximate surface area is 216 Å². The van der Waals surface area contributed by atoms with E-state index in [1.54, 1.807) is 36.9 Å². The van der Waals surface area contributed by atoms with E-state index in [4.69, 9.17) is 9.57 Å². The summed E-state index contributed by atoms with van der Waals surface area (Å²) in [6, 6.07) is 9.69. The van der Waals surface area contributed by atoms with Crippen molar-refractivity contribution in [2.24, 2.45) is 5.16 Å². The fourth-order valence-electron chi connectivity index (χ4n) is 4.91. The van der Waals surface area contributed by atoms with Crippen LogP contribution in [0.15, 0.2) is 58.9 Å². The maximum atomic E-state index is 13.0. The number of hydrogen-bond donors (Lipinski definition) is 1. The number of carbonyl (C=O) groups is 1. The standard InChI is InChI=1S/C28H25N3O5S/c1-35-27-18(7-8-19-25(27)31(17-5-6-17)14-21(26(19)32)28(33)34)24-13-20-22(3-2-4-23(20)37-24)30-36-15-16-9-11-29-12-10-16/h7-14,17H,2-6,15H2,1H3,(H,33,34). The van der Waals surface area contributed by atoms with Crippen molar-refractivity contribution in [1.29, 1.82) is 0 Å². The molecule has 0 unspecified atom stereocenters. The molecular formula is C28H25N3O5S. The molecule has 1 fully saturated rings. The highest BCUT2D eigenvalue weighted by atomic mass is 32.1. The molecule has 0 atom stereocenters. The van der Waals surface area contributed by atoms with Gasteiger partial charge in [-0.05, 0) is 68.0 Å². The van der Waals surface area contributed by atoms with Crippen molar-refractivity contribution in [2.45, 2.75) is 44.8 Å². The van der Waals surface area contributed by atoms with E-state index in [9.17, 15) is 14.7 Å². The van der Waals surface area contributed by atoms with E-state index in [1.807, 2.05) is 22.8 Å². The van der Waals surface area contributed by atoms with Gasteiger partial charge >= 0.3 is 5.97 Å². The van der Waals surface area contributed by atoms with Crippen LogP contribution in [0.3, 0.4) is 0 Å². The van der Waals surface area contributed by atoms with E-state index in [0.29, 0.717) is 23.3 Å². The predicted octanol–water partition coefficient (Wildman–Crippen LogP) is 5.42. The number of aromatic carboxylic acids is 1. The Morgan fingerprint density at radius 3 is 2.73 bits per heavy atom. The number of aromatic nitrogens is 2. The van der Waals surface area contributed by atoms with E-state index in [1.165, 1.54) is 11.1 Å². The van der Waals surface area contributed by atoms with Crippen LogP contribution in [0.1, 0.15) is 58.1 Å². The SMILES string of the molecule is COc1c(-c2cc3c(s2)CCCC3=NOCc2ccncc2)ccc2c(=O)c(C(=O)O)cn(C3CC3)c12. The number of benzene rings is 1. The molecule has 9 heteroatoms. The van der Waals surface area contributed by atoms with Crippen LogP contribution in [0.2, 0.25) is 0 Å². The molecule has 1 aromatic carbocycles. The van der Waals surface area contributed by atoms with E-state index in [2.05, 4.69) is 16.2 Å². The molecule has 3 aromatic heterocycles. The van der Waals surface area contributed by atoms with Crippen molar-refractivity contribution < 1.29 is 19.5 Å². The first-order chi connectivity index (χ1) is 18.0. The quantitative estimate of drug-likeness (QED) is 0.330. The molecular weight excluding hydrogens is 490 g/mol. The number of pyridine rings is 2. The summed E-state index contributed by atoms with van der Waals surface area (Å²) in [6.45, 7) is 0.383. The molecule has 0 aliphatic heterocycles. The van der Waals surface area contributed by atoms with Gasteiger partial charge < -0.3 is 19.2 Å². The summed E-state index contributed by atoms with van der Waals surface area (Å²) in [5.74, 6) is -0.627. The molecule has 3 heterocycles. The van der Waals surface area contributed by atoms with Crippen molar-refractivity contribution in [2.75, 3.05) is 7.11 Å². The lowest BCUT2D eigenvalue weighted by molar-refractivity contribution is 0.0695. The maximum absolute atomic E-state index is 13.0. The highest BCUT2D eigenvalue weighted by Crippen LogP contribution is 2.45. The van der Waals surface area contributed by atoms with Crippen molar-refractivity contribution in [3.63, 3.8) is 0 Å². The van der Waals surface area contributed by atoms with Crippen molar-refractivity contribution >= 4 is 33.9 Å². The lowest BCUT2D eigenvalue weighted by atomic mass is 9.96. The molecule has 6 rings (SSSR count). The Morgan fingerprint density at radius 1 is 1.19 bits per heavy atom. The van der Waals surface area contributed by atoms with Crippen molar-refractivity contribution in [3.05, 3.63) is 80.7 Å². The highest BCUT2D eigenvalue weighted by molar-refractivity contribution is 7.16. The van der Waals surface area contributed by atoms with Gasteiger partial charge in [0.05, 0.1) is 23.7 Å². The van der Waals surface area contributed by atoms with Crippen LogP contribution in [0.4, 0.5) is 0 Å². The van der Waals surface area contributed by atoms with Gasteiger partial charge in [-0.25, -0.2) is 4.79 Å². The van der Waals surface area contributed by atoms with E-state index < -0.39 is 11.4 Å². The smallest absolute Gasteiger partial charge is 0.341 e. The van der Waals surface area contributed by atoms with Gasteiger partial charge in [0.1, 0.15) is 12.2 Å². The Hall–Kier alpha value is -3.98. The molecule has 0 radical (unpaired) electrons. The molecule has 0 amide bonds. The van der Waals surface area contributed by atoms with Gasteiger partial charge in [-0.2, -0.15) is 0 Å². The zero-order chi connectivity index (χ0) is 25.5. The number of methoxy groups -OCH3 is 1. The third kappa shape index (κ3) is 4.29.